The summed E-state index contributed by atoms with van der Waals surface area (Å²) >= 11 is 0. The van der Waals surface area contributed by atoms with E-state index in [0.29, 0.717) is 19.4 Å². The first kappa shape index (κ1) is 17.2. The summed E-state index contributed by atoms with van der Waals surface area (Å²) in [5.41, 5.74) is 1.97. The van der Waals surface area contributed by atoms with Gasteiger partial charge in [-0.05, 0) is 31.2 Å². The van der Waals surface area contributed by atoms with E-state index in [2.05, 4.69) is 22.3 Å². The highest BCUT2D eigenvalue weighted by molar-refractivity contribution is 5.90. The molecule has 0 fully saturated rings. The highest BCUT2D eigenvalue weighted by atomic mass is 16.3. The predicted molar refractivity (Wildman–Crippen MR) is 93.2 cm³/mol. The van der Waals surface area contributed by atoms with Gasteiger partial charge in [-0.1, -0.05) is 48.5 Å². The lowest BCUT2D eigenvalue weighted by Gasteiger charge is -2.28. The topological polar surface area (TPSA) is 52.6 Å². The highest BCUT2D eigenvalue weighted by Crippen LogP contribution is 2.22. The van der Waals surface area contributed by atoms with Crippen LogP contribution in [-0.2, 0) is 4.79 Å². The quantitative estimate of drug-likeness (QED) is 0.787. The maximum Gasteiger partial charge on any atom is 0.225 e. The number of carbonyl (C=O) groups excluding carboxylic acids is 1. The van der Waals surface area contributed by atoms with Crippen LogP contribution in [0.2, 0.25) is 0 Å². The van der Waals surface area contributed by atoms with Gasteiger partial charge in [-0.15, -0.1) is 0 Å². The summed E-state index contributed by atoms with van der Waals surface area (Å²) in [6, 6.07) is 19.7. The van der Waals surface area contributed by atoms with Crippen LogP contribution in [-0.4, -0.2) is 36.1 Å². The number of hydrogen-bond donors (Lipinski definition) is 2. The molecule has 2 aromatic carbocycles. The molecule has 0 radical (unpaired) electrons. The van der Waals surface area contributed by atoms with E-state index in [1.54, 1.807) is 0 Å². The van der Waals surface area contributed by atoms with Crippen LogP contribution < -0.4 is 5.32 Å². The van der Waals surface area contributed by atoms with Gasteiger partial charge in [0.1, 0.15) is 0 Å². The van der Waals surface area contributed by atoms with Gasteiger partial charge in [-0.2, -0.15) is 0 Å². The summed E-state index contributed by atoms with van der Waals surface area (Å²) in [7, 11) is 1.99. The smallest absolute Gasteiger partial charge is 0.225 e. The lowest BCUT2D eigenvalue weighted by atomic mass is 10.0. The first-order chi connectivity index (χ1) is 11.2. The molecule has 0 saturated heterocycles. The Labute approximate surface area is 137 Å². The Hall–Kier alpha value is -2.17. The Bertz CT molecular complexity index is 587. The molecule has 1 amide bonds. The number of rotatable bonds is 8. The standard InChI is InChI=1S/C19H24N2O2/c1-21(18(13-15-22)16-8-4-2-5-9-16)14-12-19(23)20-17-10-6-3-7-11-17/h2-11,18,22H,12-15H2,1H3,(H,20,23). The van der Waals surface area contributed by atoms with Gasteiger partial charge in [0.05, 0.1) is 0 Å². The van der Waals surface area contributed by atoms with Crippen molar-refractivity contribution in [2.45, 2.75) is 18.9 Å². The maximum atomic E-state index is 12.0. The predicted octanol–water partition coefficient (Wildman–Crippen LogP) is 3.07. The van der Waals surface area contributed by atoms with Crippen molar-refractivity contribution in [1.29, 1.82) is 0 Å². The van der Waals surface area contributed by atoms with E-state index < -0.39 is 0 Å². The van der Waals surface area contributed by atoms with Crippen LogP contribution in [0.25, 0.3) is 0 Å². The number of aliphatic hydroxyl groups excluding tert-OH is 1. The zero-order valence-electron chi connectivity index (χ0n) is 13.5. The minimum atomic E-state index is -0.00106. The second-order valence-electron chi connectivity index (χ2n) is 5.58. The SMILES string of the molecule is CN(CCC(=O)Nc1ccccc1)C(CCO)c1ccccc1. The molecule has 0 aliphatic carbocycles. The molecular formula is C19H24N2O2. The molecule has 1 unspecified atom stereocenters. The fourth-order valence-electron chi connectivity index (χ4n) is 2.62. The van der Waals surface area contributed by atoms with Crippen molar-refractivity contribution in [3.05, 3.63) is 66.2 Å². The van der Waals surface area contributed by atoms with Gasteiger partial charge >= 0.3 is 0 Å². The van der Waals surface area contributed by atoms with Crippen LogP contribution in [0.5, 0.6) is 0 Å². The summed E-state index contributed by atoms with van der Waals surface area (Å²) in [6.45, 7) is 0.762. The van der Waals surface area contributed by atoms with Crippen LogP contribution >= 0.6 is 0 Å². The van der Waals surface area contributed by atoms with Crippen LogP contribution in [0.3, 0.4) is 0 Å². The van der Waals surface area contributed by atoms with Gasteiger partial charge in [-0.3, -0.25) is 9.69 Å². The average molecular weight is 312 g/mol. The number of aliphatic hydroxyl groups is 1. The number of amides is 1. The summed E-state index contributed by atoms with van der Waals surface area (Å²) < 4.78 is 0. The monoisotopic (exact) mass is 312 g/mol. The van der Waals surface area contributed by atoms with E-state index in [-0.39, 0.29) is 18.6 Å². The minimum Gasteiger partial charge on any atom is -0.396 e. The fourth-order valence-corrected chi connectivity index (χ4v) is 2.62. The molecule has 2 rings (SSSR count). The molecule has 4 heteroatoms. The molecule has 0 aliphatic rings. The lowest BCUT2D eigenvalue weighted by Crippen LogP contribution is -2.29. The molecule has 0 heterocycles. The highest BCUT2D eigenvalue weighted by Gasteiger charge is 2.17. The zero-order valence-corrected chi connectivity index (χ0v) is 13.5. The maximum absolute atomic E-state index is 12.0. The van der Waals surface area contributed by atoms with Gasteiger partial charge in [0.2, 0.25) is 5.91 Å². The number of carbonyl (C=O) groups is 1. The minimum absolute atomic E-state index is 0.00106. The first-order valence-corrected chi connectivity index (χ1v) is 7.91. The number of para-hydroxylation sites is 1. The van der Waals surface area contributed by atoms with E-state index in [1.807, 2.05) is 55.6 Å². The van der Waals surface area contributed by atoms with Crippen molar-refractivity contribution in [2.75, 3.05) is 25.5 Å². The summed E-state index contributed by atoms with van der Waals surface area (Å²) in [6.07, 6.45) is 1.07. The third-order valence-corrected chi connectivity index (χ3v) is 3.87. The molecule has 0 aliphatic heterocycles. The first-order valence-electron chi connectivity index (χ1n) is 7.91. The van der Waals surface area contributed by atoms with E-state index >= 15 is 0 Å². The number of nitrogens with zero attached hydrogens (tertiary/aromatic N) is 1. The molecule has 1 atom stereocenters. The third kappa shape index (κ3) is 5.51. The van der Waals surface area contributed by atoms with Crippen molar-refractivity contribution in [2.24, 2.45) is 0 Å². The Morgan fingerprint density at radius 1 is 1.09 bits per heavy atom. The molecule has 0 aromatic heterocycles. The number of anilines is 1. The van der Waals surface area contributed by atoms with Crippen molar-refractivity contribution in [3.8, 4) is 0 Å². The van der Waals surface area contributed by atoms with Crippen LogP contribution in [0.1, 0.15) is 24.4 Å². The normalized spacial score (nSPS) is 12.1. The van der Waals surface area contributed by atoms with Crippen molar-refractivity contribution < 1.29 is 9.90 Å². The largest absolute Gasteiger partial charge is 0.396 e. The second-order valence-corrected chi connectivity index (χ2v) is 5.58. The van der Waals surface area contributed by atoms with Gasteiger partial charge in [0, 0.05) is 31.3 Å². The Morgan fingerprint density at radius 2 is 1.70 bits per heavy atom. The lowest BCUT2D eigenvalue weighted by molar-refractivity contribution is -0.116. The molecule has 0 saturated carbocycles. The van der Waals surface area contributed by atoms with Crippen molar-refractivity contribution in [3.63, 3.8) is 0 Å². The molecule has 23 heavy (non-hydrogen) atoms. The molecule has 0 bridgehead atoms. The Kier molecular flexibility index (Phi) is 6.78. The summed E-state index contributed by atoms with van der Waals surface area (Å²) in [5.74, 6) is -0.00106. The molecule has 2 aromatic rings. The van der Waals surface area contributed by atoms with Crippen LogP contribution in [0.4, 0.5) is 5.69 Å². The number of hydrogen-bond acceptors (Lipinski definition) is 3. The number of nitrogens with one attached hydrogen (secondary N) is 1. The van der Waals surface area contributed by atoms with Crippen LogP contribution in [0, 0.1) is 0 Å². The molecule has 2 N–H and O–H groups in total. The molecule has 0 spiro atoms. The summed E-state index contributed by atoms with van der Waals surface area (Å²) in [5, 5.41) is 12.2. The molecule has 4 nitrogen and oxygen atoms in total. The van der Waals surface area contributed by atoms with Crippen molar-refractivity contribution >= 4 is 11.6 Å². The Morgan fingerprint density at radius 3 is 2.30 bits per heavy atom. The fraction of sp³-hybridized carbons (Fsp3) is 0.316. The van der Waals surface area contributed by atoms with E-state index in [1.165, 1.54) is 0 Å². The summed E-state index contributed by atoms with van der Waals surface area (Å²) in [4.78, 5) is 14.2. The van der Waals surface area contributed by atoms with Gasteiger partial charge in [0.15, 0.2) is 0 Å². The van der Waals surface area contributed by atoms with E-state index in [4.69, 9.17) is 0 Å². The molecular weight excluding hydrogens is 288 g/mol. The average Bonchev–Trinajstić information content (AvgIpc) is 2.59. The van der Waals surface area contributed by atoms with Gasteiger partial charge in [-0.25, -0.2) is 0 Å². The van der Waals surface area contributed by atoms with Gasteiger partial charge in [0.25, 0.3) is 0 Å². The second kappa shape index (κ2) is 9.08. The Balaban J connectivity index is 1.89. The van der Waals surface area contributed by atoms with Crippen molar-refractivity contribution in [1.82, 2.24) is 4.90 Å². The number of benzene rings is 2. The zero-order chi connectivity index (χ0) is 16.5. The van der Waals surface area contributed by atoms with Crippen LogP contribution in [0.15, 0.2) is 60.7 Å². The van der Waals surface area contributed by atoms with E-state index in [0.717, 1.165) is 11.3 Å². The van der Waals surface area contributed by atoms with E-state index in [9.17, 15) is 9.90 Å². The molecule has 122 valence electrons. The van der Waals surface area contributed by atoms with Gasteiger partial charge < -0.3 is 10.4 Å². The third-order valence-electron chi connectivity index (χ3n) is 3.87.